The van der Waals surface area contributed by atoms with Crippen molar-refractivity contribution >= 4 is 29.0 Å². The Kier molecular flexibility index (Phi) is 5.69. The van der Waals surface area contributed by atoms with Gasteiger partial charge in [0.15, 0.2) is 0 Å². The van der Waals surface area contributed by atoms with Crippen molar-refractivity contribution in [1.82, 2.24) is 0 Å². The van der Waals surface area contributed by atoms with E-state index in [-0.39, 0.29) is 11.9 Å². The molecule has 0 saturated carbocycles. The lowest BCUT2D eigenvalue weighted by molar-refractivity contribution is 0.102. The molecule has 0 spiro atoms. The van der Waals surface area contributed by atoms with E-state index in [1.807, 2.05) is 30.3 Å². The van der Waals surface area contributed by atoms with Crippen LogP contribution in [-0.4, -0.2) is 19.0 Å². The number of urea groups is 1. The molecule has 0 saturated heterocycles. The van der Waals surface area contributed by atoms with Crippen LogP contribution in [0.25, 0.3) is 0 Å². The number of anilines is 3. The van der Waals surface area contributed by atoms with Crippen LogP contribution in [-0.2, 0) is 0 Å². The van der Waals surface area contributed by atoms with E-state index in [9.17, 15) is 9.59 Å². The summed E-state index contributed by atoms with van der Waals surface area (Å²) in [5, 5.41) is 8.26. The van der Waals surface area contributed by atoms with E-state index in [0.29, 0.717) is 28.4 Å². The summed E-state index contributed by atoms with van der Waals surface area (Å²) in [7, 11) is 1.55. The molecular formula is C21H19N3O3. The maximum absolute atomic E-state index is 12.4. The minimum Gasteiger partial charge on any atom is -0.495 e. The van der Waals surface area contributed by atoms with Crippen molar-refractivity contribution in [2.24, 2.45) is 0 Å². The van der Waals surface area contributed by atoms with E-state index in [1.165, 1.54) is 0 Å². The first kappa shape index (κ1) is 18.0. The van der Waals surface area contributed by atoms with Crippen LogP contribution in [0.3, 0.4) is 0 Å². The van der Waals surface area contributed by atoms with E-state index in [4.69, 9.17) is 4.74 Å². The zero-order valence-corrected chi connectivity index (χ0v) is 14.7. The Morgan fingerprint density at radius 2 is 1.30 bits per heavy atom. The number of hydrogen-bond donors (Lipinski definition) is 3. The summed E-state index contributed by atoms with van der Waals surface area (Å²) in [6.45, 7) is 0. The van der Waals surface area contributed by atoms with Gasteiger partial charge in [-0.25, -0.2) is 4.79 Å². The molecule has 3 aromatic carbocycles. The number of methoxy groups -OCH3 is 1. The molecule has 3 rings (SSSR count). The number of para-hydroxylation sites is 3. The number of benzene rings is 3. The molecule has 3 aromatic rings. The van der Waals surface area contributed by atoms with Gasteiger partial charge in [0.25, 0.3) is 5.91 Å². The summed E-state index contributed by atoms with van der Waals surface area (Å²) >= 11 is 0. The maximum atomic E-state index is 12.4. The van der Waals surface area contributed by atoms with Gasteiger partial charge in [-0.05, 0) is 48.5 Å². The molecular weight excluding hydrogens is 342 g/mol. The predicted molar refractivity (Wildman–Crippen MR) is 106 cm³/mol. The largest absolute Gasteiger partial charge is 0.495 e. The number of amides is 3. The Morgan fingerprint density at radius 1 is 0.704 bits per heavy atom. The van der Waals surface area contributed by atoms with Crippen LogP contribution < -0.4 is 20.7 Å². The lowest BCUT2D eigenvalue weighted by Crippen LogP contribution is -2.19. The van der Waals surface area contributed by atoms with Gasteiger partial charge in [-0.3, -0.25) is 4.79 Å². The number of nitrogens with one attached hydrogen (secondary N) is 3. The fourth-order valence-corrected chi connectivity index (χ4v) is 2.46. The SMILES string of the molecule is COc1ccccc1NC(=O)c1ccc(NC(=O)Nc2ccccc2)cc1. The Labute approximate surface area is 157 Å². The quantitative estimate of drug-likeness (QED) is 0.622. The van der Waals surface area contributed by atoms with Gasteiger partial charge in [0, 0.05) is 16.9 Å². The Hall–Kier alpha value is -3.80. The monoisotopic (exact) mass is 361 g/mol. The zero-order valence-electron chi connectivity index (χ0n) is 14.7. The summed E-state index contributed by atoms with van der Waals surface area (Å²) in [6.07, 6.45) is 0. The van der Waals surface area contributed by atoms with E-state index in [0.717, 1.165) is 0 Å². The third-order valence-electron chi connectivity index (χ3n) is 3.79. The Balaban J connectivity index is 1.61. The molecule has 0 fully saturated rings. The van der Waals surface area contributed by atoms with Crippen LogP contribution in [0.5, 0.6) is 5.75 Å². The molecule has 0 radical (unpaired) electrons. The molecule has 136 valence electrons. The highest BCUT2D eigenvalue weighted by molar-refractivity contribution is 6.05. The third-order valence-corrected chi connectivity index (χ3v) is 3.79. The van der Waals surface area contributed by atoms with Gasteiger partial charge >= 0.3 is 6.03 Å². The van der Waals surface area contributed by atoms with Gasteiger partial charge in [-0.1, -0.05) is 30.3 Å². The summed E-state index contributed by atoms with van der Waals surface area (Å²) in [6, 6.07) is 22.6. The molecule has 0 aromatic heterocycles. The van der Waals surface area contributed by atoms with E-state index in [1.54, 1.807) is 55.6 Å². The summed E-state index contributed by atoms with van der Waals surface area (Å²) in [5.41, 5.74) is 2.34. The molecule has 27 heavy (non-hydrogen) atoms. The van der Waals surface area contributed by atoms with Crippen molar-refractivity contribution in [2.75, 3.05) is 23.1 Å². The van der Waals surface area contributed by atoms with Crippen molar-refractivity contribution in [2.45, 2.75) is 0 Å². The molecule has 0 aliphatic rings. The fraction of sp³-hybridized carbons (Fsp3) is 0.0476. The van der Waals surface area contributed by atoms with Crippen LogP contribution in [0.15, 0.2) is 78.9 Å². The second-order valence-electron chi connectivity index (χ2n) is 5.68. The molecule has 0 unspecified atom stereocenters. The third kappa shape index (κ3) is 4.85. The molecule has 3 N–H and O–H groups in total. The number of rotatable bonds is 5. The van der Waals surface area contributed by atoms with Gasteiger partial charge in [0.2, 0.25) is 0 Å². The Bertz CT molecular complexity index is 925. The molecule has 0 heterocycles. The van der Waals surface area contributed by atoms with Crippen molar-refractivity contribution in [3.05, 3.63) is 84.4 Å². The van der Waals surface area contributed by atoms with Crippen molar-refractivity contribution in [1.29, 1.82) is 0 Å². The summed E-state index contributed by atoms with van der Waals surface area (Å²) < 4.78 is 5.22. The average molecular weight is 361 g/mol. The average Bonchev–Trinajstić information content (AvgIpc) is 2.69. The first-order valence-electron chi connectivity index (χ1n) is 8.33. The van der Waals surface area contributed by atoms with E-state index < -0.39 is 0 Å². The lowest BCUT2D eigenvalue weighted by atomic mass is 10.2. The lowest BCUT2D eigenvalue weighted by Gasteiger charge is -2.11. The van der Waals surface area contributed by atoms with Gasteiger partial charge in [0.05, 0.1) is 12.8 Å². The van der Waals surface area contributed by atoms with Crippen LogP contribution in [0.1, 0.15) is 10.4 Å². The minimum atomic E-state index is -0.354. The standard InChI is InChI=1S/C21H19N3O3/c1-27-19-10-6-5-9-18(19)24-20(25)15-11-13-17(14-12-15)23-21(26)22-16-7-3-2-4-8-16/h2-14H,1H3,(H,24,25)(H2,22,23,26). The molecule has 3 amide bonds. The first-order valence-corrected chi connectivity index (χ1v) is 8.33. The number of carbonyl (C=O) groups is 2. The van der Waals surface area contributed by atoms with Crippen LogP contribution >= 0.6 is 0 Å². The second kappa shape index (κ2) is 8.53. The molecule has 0 atom stereocenters. The minimum absolute atomic E-state index is 0.264. The highest BCUT2D eigenvalue weighted by Gasteiger charge is 2.10. The van der Waals surface area contributed by atoms with Gasteiger partial charge in [-0.15, -0.1) is 0 Å². The first-order chi connectivity index (χ1) is 13.2. The van der Waals surface area contributed by atoms with Gasteiger partial charge in [0.1, 0.15) is 5.75 Å². The number of ether oxygens (including phenoxy) is 1. The van der Waals surface area contributed by atoms with Crippen molar-refractivity contribution in [3.8, 4) is 5.75 Å². The maximum Gasteiger partial charge on any atom is 0.323 e. The van der Waals surface area contributed by atoms with E-state index in [2.05, 4.69) is 16.0 Å². The number of carbonyl (C=O) groups excluding carboxylic acids is 2. The normalized spacial score (nSPS) is 9.96. The van der Waals surface area contributed by atoms with Gasteiger partial charge < -0.3 is 20.7 Å². The van der Waals surface area contributed by atoms with Crippen LogP contribution in [0.4, 0.5) is 21.9 Å². The highest BCUT2D eigenvalue weighted by atomic mass is 16.5. The highest BCUT2D eigenvalue weighted by Crippen LogP contribution is 2.23. The van der Waals surface area contributed by atoms with Crippen LogP contribution in [0.2, 0.25) is 0 Å². The smallest absolute Gasteiger partial charge is 0.323 e. The molecule has 0 aliphatic heterocycles. The van der Waals surface area contributed by atoms with Gasteiger partial charge in [-0.2, -0.15) is 0 Å². The van der Waals surface area contributed by atoms with Crippen molar-refractivity contribution < 1.29 is 14.3 Å². The number of hydrogen-bond acceptors (Lipinski definition) is 3. The molecule has 0 bridgehead atoms. The second-order valence-corrected chi connectivity index (χ2v) is 5.68. The molecule has 6 nitrogen and oxygen atoms in total. The summed E-state index contributed by atoms with van der Waals surface area (Å²) in [5.74, 6) is 0.321. The van der Waals surface area contributed by atoms with Crippen LogP contribution in [0, 0.1) is 0 Å². The fourth-order valence-electron chi connectivity index (χ4n) is 2.46. The van der Waals surface area contributed by atoms with E-state index >= 15 is 0 Å². The Morgan fingerprint density at radius 3 is 1.96 bits per heavy atom. The zero-order chi connectivity index (χ0) is 19.1. The molecule has 6 heteroatoms. The molecule has 0 aliphatic carbocycles. The predicted octanol–water partition coefficient (Wildman–Crippen LogP) is 4.59. The summed E-state index contributed by atoms with van der Waals surface area (Å²) in [4.78, 5) is 24.4. The van der Waals surface area contributed by atoms with Crippen molar-refractivity contribution in [3.63, 3.8) is 0 Å². The topological polar surface area (TPSA) is 79.5 Å².